The second-order valence-corrected chi connectivity index (χ2v) is 8.03. The Morgan fingerprint density at radius 1 is 0.667 bits per heavy atom. The fourth-order valence-electron chi connectivity index (χ4n) is 3.49. The molecule has 1 atom stereocenters. The smallest absolute Gasteiger partial charge is 0.550 e. The first kappa shape index (κ1) is 35.3. The van der Waals surface area contributed by atoms with Crippen molar-refractivity contribution in [1.29, 1.82) is 0 Å². The Bertz CT molecular complexity index is 414. The minimum absolute atomic E-state index is 0. The van der Waals surface area contributed by atoms with Gasteiger partial charge < -0.3 is 19.8 Å². The van der Waals surface area contributed by atoms with Crippen molar-refractivity contribution in [3.05, 3.63) is 12.2 Å². The molecule has 6 heteroatoms. The Kier molecular flexibility index (Phi) is 32.6. The Balaban J connectivity index is -0.00000364. The molecule has 0 aromatic heterocycles. The van der Waals surface area contributed by atoms with Crippen LogP contribution in [0.1, 0.15) is 122 Å². The number of carboxylic acid groups (broad SMARTS) is 2. The van der Waals surface area contributed by atoms with Gasteiger partial charge in [0.05, 0.1) is 0 Å². The summed E-state index contributed by atoms with van der Waals surface area (Å²) >= 11 is 0. The van der Waals surface area contributed by atoms with Crippen LogP contribution in [-0.4, -0.2) is 11.9 Å². The van der Waals surface area contributed by atoms with Gasteiger partial charge in [-0.2, -0.15) is 0 Å². The molecule has 0 N–H and O–H groups in total. The van der Waals surface area contributed by atoms with E-state index in [4.69, 9.17) is 0 Å². The summed E-state index contributed by atoms with van der Waals surface area (Å²) in [6.45, 7) is 2.26. The van der Waals surface area contributed by atoms with Gasteiger partial charge in [-0.1, -0.05) is 103 Å². The number of carbonyl (C=O) groups excluding carboxylic acids is 2. The van der Waals surface area contributed by atoms with E-state index < -0.39 is 24.3 Å². The van der Waals surface area contributed by atoms with Crippen molar-refractivity contribution in [3.63, 3.8) is 0 Å². The summed E-state index contributed by atoms with van der Waals surface area (Å²) in [7, 11) is 0. The summed E-state index contributed by atoms with van der Waals surface area (Å²) in [6, 6.07) is 0. The van der Waals surface area contributed by atoms with Gasteiger partial charge >= 0.3 is 59.1 Å². The van der Waals surface area contributed by atoms with Crippen LogP contribution in [0.15, 0.2) is 12.2 Å². The van der Waals surface area contributed by atoms with Gasteiger partial charge in [0.1, 0.15) is 0 Å². The number of allylic oxidation sites excluding steroid dienone is 2. The van der Waals surface area contributed by atoms with Crippen LogP contribution in [0, 0.1) is 5.92 Å². The van der Waals surface area contributed by atoms with Crippen LogP contribution in [0.5, 0.6) is 0 Å². The zero-order valence-corrected chi connectivity index (χ0v) is 24.1. The Morgan fingerprint density at radius 2 is 1.07 bits per heavy atom. The van der Waals surface area contributed by atoms with Crippen LogP contribution in [0.4, 0.5) is 0 Å². The summed E-state index contributed by atoms with van der Waals surface area (Å²) in [4.78, 5) is 21.3. The maximum absolute atomic E-state index is 10.8. The third-order valence-electron chi connectivity index (χ3n) is 5.32. The Hall–Kier alpha value is 0.680. The van der Waals surface area contributed by atoms with Gasteiger partial charge in [-0.25, -0.2) is 0 Å². The van der Waals surface area contributed by atoms with E-state index in [1.54, 1.807) is 0 Å². The van der Waals surface area contributed by atoms with Crippen molar-refractivity contribution in [2.75, 3.05) is 0 Å². The van der Waals surface area contributed by atoms with E-state index in [1.807, 2.05) is 6.08 Å². The Morgan fingerprint density at radius 3 is 1.47 bits per heavy atom. The molecule has 0 amide bonds. The normalized spacial score (nSPS) is 11.6. The predicted molar refractivity (Wildman–Crippen MR) is 111 cm³/mol. The molecule has 0 spiro atoms. The van der Waals surface area contributed by atoms with E-state index in [1.165, 1.54) is 83.5 Å². The summed E-state index contributed by atoms with van der Waals surface area (Å²) in [6.07, 6.45) is 24.4. The number of hydrogen-bond donors (Lipinski definition) is 0. The standard InChI is InChI=1S/C24H44O4.2Na/c1-2-3-4-5-6-7-8-9-10-11-12-13-14-15-16-17-18-19-20-22(24(27)28)21-23(25)26;;/h17-18,22H,2-16,19-21H2,1H3,(H,25,26)(H,27,28);;/q;2*+1/p-2/b18-17+;;. The average molecular weight is 441 g/mol. The molecule has 0 bridgehead atoms. The minimum atomic E-state index is -1.33. The molecule has 4 nitrogen and oxygen atoms in total. The largest absolute Gasteiger partial charge is 1.00 e. The number of aliphatic carboxylic acids is 2. The molecule has 1 unspecified atom stereocenters. The first-order valence-electron chi connectivity index (χ1n) is 11.6. The van der Waals surface area contributed by atoms with Crippen molar-refractivity contribution >= 4 is 11.9 Å². The molecule has 30 heavy (non-hydrogen) atoms. The summed E-state index contributed by atoms with van der Waals surface area (Å²) in [5, 5.41) is 21.3. The average Bonchev–Trinajstić information content (AvgIpc) is 2.65. The van der Waals surface area contributed by atoms with Crippen LogP contribution < -0.4 is 69.3 Å². The molecule has 0 aliphatic rings. The first-order chi connectivity index (χ1) is 13.6. The van der Waals surface area contributed by atoms with Crippen molar-refractivity contribution in [2.45, 2.75) is 122 Å². The van der Waals surface area contributed by atoms with Crippen LogP contribution in [0.3, 0.4) is 0 Å². The van der Waals surface area contributed by atoms with Crippen molar-refractivity contribution in [3.8, 4) is 0 Å². The van der Waals surface area contributed by atoms with Gasteiger partial charge in [-0.3, -0.25) is 0 Å². The summed E-state index contributed by atoms with van der Waals surface area (Å²) < 4.78 is 0. The molecular formula is C24H42Na2O4. The van der Waals surface area contributed by atoms with Crippen molar-refractivity contribution < 1.29 is 78.9 Å². The monoisotopic (exact) mass is 440 g/mol. The van der Waals surface area contributed by atoms with Crippen LogP contribution in [0.25, 0.3) is 0 Å². The number of hydrogen-bond acceptors (Lipinski definition) is 4. The number of rotatable bonds is 21. The van der Waals surface area contributed by atoms with E-state index in [0.717, 1.165) is 12.8 Å². The number of carbonyl (C=O) groups is 2. The van der Waals surface area contributed by atoms with Gasteiger partial charge in [-0.15, -0.1) is 0 Å². The second kappa shape index (κ2) is 27.7. The fraction of sp³-hybridized carbons (Fsp3) is 0.833. The molecule has 0 aromatic carbocycles. The van der Waals surface area contributed by atoms with E-state index in [-0.39, 0.29) is 59.1 Å². The molecular weight excluding hydrogens is 398 g/mol. The van der Waals surface area contributed by atoms with E-state index >= 15 is 0 Å². The first-order valence-corrected chi connectivity index (χ1v) is 11.6. The fourth-order valence-corrected chi connectivity index (χ4v) is 3.49. The van der Waals surface area contributed by atoms with Crippen LogP contribution in [0.2, 0.25) is 0 Å². The second-order valence-electron chi connectivity index (χ2n) is 8.03. The molecule has 164 valence electrons. The van der Waals surface area contributed by atoms with E-state index in [2.05, 4.69) is 13.0 Å². The number of carboxylic acids is 2. The van der Waals surface area contributed by atoms with Gasteiger partial charge in [0, 0.05) is 17.9 Å². The Labute approximate surface area is 229 Å². The summed E-state index contributed by atoms with van der Waals surface area (Å²) in [5.74, 6) is -3.58. The minimum Gasteiger partial charge on any atom is -0.550 e. The summed E-state index contributed by atoms with van der Waals surface area (Å²) in [5.41, 5.74) is 0. The maximum Gasteiger partial charge on any atom is 1.00 e. The molecule has 0 saturated carbocycles. The zero-order chi connectivity index (χ0) is 20.9. The maximum atomic E-state index is 10.8. The van der Waals surface area contributed by atoms with E-state index in [0.29, 0.717) is 12.8 Å². The molecule has 0 radical (unpaired) electrons. The molecule has 0 aliphatic heterocycles. The predicted octanol–water partition coefficient (Wildman–Crippen LogP) is -1.29. The van der Waals surface area contributed by atoms with E-state index in [9.17, 15) is 19.8 Å². The van der Waals surface area contributed by atoms with Gasteiger partial charge in [0.15, 0.2) is 0 Å². The van der Waals surface area contributed by atoms with Gasteiger partial charge in [0.2, 0.25) is 0 Å². The third kappa shape index (κ3) is 26.7. The topological polar surface area (TPSA) is 80.3 Å². The molecule has 0 fully saturated rings. The van der Waals surface area contributed by atoms with Crippen LogP contribution in [-0.2, 0) is 9.59 Å². The molecule has 0 heterocycles. The van der Waals surface area contributed by atoms with Crippen LogP contribution >= 0.6 is 0 Å². The van der Waals surface area contributed by atoms with Gasteiger partial charge in [-0.05, 0) is 32.1 Å². The third-order valence-corrected chi connectivity index (χ3v) is 5.32. The SMILES string of the molecule is CCCCCCCCCCCCCCCC/C=C/CCC(CC(=O)[O-])C(=O)[O-].[Na+].[Na+]. The quantitative estimate of drug-likeness (QED) is 0.126. The zero-order valence-electron chi connectivity index (χ0n) is 20.1. The number of unbranched alkanes of at least 4 members (excludes halogenated alkanes) is 14. The van der Waals surface area contributed by atoms with Crippen molar-refractivity contribution in [1.82, 2.24) is 0 Å². The van der Waals surface area contributed by atoms with Crippen molar-refractivity contribution in [2.24, 2.45) is 5.92 Å². The molecule has 0 aliphatic carbocycles. The van der Waals surface area contributed by atoms with Gasteiger partial charge in [0.25, 0.3) is 0 Å². The molecule has 0 rings (SSSR count). The molecule has 0 saturated heterocycles. The molecule has 0 aromatic rings.